The Morgan fingerprint density at radius 1 is 0.885 bits per heavy atom. The molecule has 1 amide bonds. The quantitative estimate of drug-likeness (QED) is 0.693. The van der Waals surface area contributed by atoms with E-state index in [0.29, 0.717) is 5.56 Å². The van der Waals surface area contributed by atoms with Crippen LogP contribution in [0.15, 0.2) is 91.0 Å². The second-order valence-corrected chi connectivity index (χ2v) is 5.86. The maximum atomic E-state index is 12.7. The minimum absolute atomic E-state index is 0.126. The smallest absolute Gasteiger partial charge is 0.252 e. The van der Waals surface area contributed by atoms with Gasteiger partial charge >= 0.3 is 0 Å². The van der Waals surface area contributed by atoms with Gasteiger partial charge in [0.25, 0.3) is 5.91 Å². The predicted octanol–water partition coefficient (Wildman–Crippen LogP) is 4.88. The van der Waals surface area contributed by atoms with Crippen molar-refractivity contribution >= 4 is 12.0 Å². The zero-order valence-electron chi connectivity index (χ0n) is 14.6. The number of hydrogen-bond donors (Lipinski definition) is 1. The van der Waals surface area contributed by atoms with Crippen molar-refractivity contribution < 1.29 is 9.53 Å². The molecule has 1 N–H and O–H groups in total. The summed E-state index contributed by atoms with van der Waals surface area (Å²) < 4.78 is 5.14. The summed E-state index contributed by atoms with van der Waals surface area (Å²) >= 11 is 0. The first-order valence-corrected chi connectivity index (χ1v) is 8.49. The highest BCUT2D eigenvalue weighted by Gasteiger charge is 2.13. The van der Waals surface area contributed by atoms with E-state index < -0.39 is 0 Å². The summed E-state index contributed by atoms with van der Waals surface area (Å²) in [4.78, 5) is 12.7. The lowest BCUT2D eigenvalue weighted by Crippen LogP contribution is -2.27. The van der Waals surface area contributed by atoms with Crippen LogP contribution in [0.5, 0.6) is 5.75 Å². The number of hydrogen-bond acceptors (Lipinski definition) is 2. The molecule has 0 radical (unpaired) electrons. The maximum Gasteiger partial charge on any atom is 0.252 e. The minimum atomic E-state index is -0.217. The van der Waals surface area contributed by atoms with Crippen LogP contribution in [0.25, 0.3) is 6.08 Å². The Morgan fingerprint density at radius 2 is 1.50 bits per heavy atom. The molecule has 3 heteroatoms. The van der Waals surface area contributed by atoms with Crippen molar-refractivity contribution in [3.63, 3.8) is 0 Å². The van der Waals surface area contributed by atoms with Crippen LogP contribution in [0, 0.1) is 0 Å². The molecule has 130 valence electrons. The van der Waals surface area contributed by atoms with Crippen LogP contribution < -0.4 is 10.1 Å². The van der Waals surface area contributed by atoms with Gasteiger partial charge in [0.05, 0.1) is 13.2 Å². The van der Waals surface area contributed by atoms with Crippen molar-refractivity contribution in [3.8, 4) is 5.75 Å². The molecule has 26 heavy (non-hydrogen) atoms. The number of amides is 1. The summed E-state index contributed by atoms with van der Waals surface area (Å²) in [7, 11) is 1.61. The highest BCUT2D eigenvalue weighted by atomic mass is 16.5. The van der Waals surface area contributed by atoms with Crippen molar-refractivity contribution in [2.45, 2.75) is 6.04 Å². The predicted molar refractivity (Wildman–Crippen MR) is 105 cm³/mol. The molecule has 1 unspecified atom stereocenters. The standard InChI is InChI=1S/C23H21NO2/c1-26-21-15-13-20(14-16-21)23(25)24-22(19-10-6-3-7-11-19)17-12-18-8-4-2-5-9-18/h2-17,22H,1H3,(H,24,25)/b17-12+. The fourth-order valence-electron chi connectivity index (χ4n) is 2.64. The molecule has 0 saturated heterocycles. The van der Waals surface area contributed by atoms with E-state index in [1.54, 1.807) is 31.4 Å². The highest BCUT2D eigenvalue weighted by molar-refractivity contribution is 5.94. The number of methoxy groups -OCH3 is 1. The fraction of sp³-hybridized carbons (Fsp3) is 0.0870. The van der Waals surface area contributed by atoms with Crippen molar-refractivity contribution in [1.29, 1.82) is 0 Å². The summed E-state index contributed by atoms with van der Waals surface area (Å²) in [5.74, 6) is 0.601. The Labute approximate surface area is 154 Å². The minimum Gasteiger partial charge on any atom is -0.497 e. The molecule has 3 aromatic carbocycles. The van der Waals surface area contributed by atoms with Crippen molar-refractivity contribution in [2.75, 3.05) is 7.11 Å². The average Bonchev–Trinajstić information content (AvgIpc) is 2.72. The van der Waals surface area contributed by atoms with Crippen LogP contribution in [0.3, 0.4) is 0 Å². The Bertz CT molecular complexity index is 856. The van der Waals surface area contributed by atoms with Crippen LogP contribution in [0.1, 0.15) is 27.5 Å². The van der Waals surface area contributed by atoms with E-state index in [2.05, 4.69) is 5.32 Å². The molecular formula is C23H21NO2. The van der Waals surface area contributed by atoms with Gasteiger partial charge in [-0.1, -0.05) is 72.8 Å². The first kappa shape index (κ1) is 17.5. The van der Waals surface area contributed by atoms with E-state index in [0.717, 1.165) is 16.9 Å². The second kappa shape index (κ2) is 8.67. The van der Waals surface area contributed by atoms with Gasteiger partial charge in [-0.05, 0) is 35.4 Å². The van der Waals surface area contributed by atoms with Crippen molar-refractivity contribution in [1.82, 2.24) is 5.32 Å². The molecule has 0 aliphatic heterocycles. The Balaban J connectivity index is 1.81. The molecule has 0 aromatic heterocycles. The topological polar surface area (TPSA) is 38.3 Å². The Kier molecular flexibility index (Phi) is 5.84. The van der Waals surface area contributed by atoms with Gasteiger partial charge in [0.15, 0.2) is 0 Å². The summed E-state index contributed by atoms with van der Waals surface area (Å²) in [6, 6.07) is 26.8. The van der Waals surface area contributed by atoms with Gasteiger partial charge in [-0.3, -0.25) is 4.79 Å². The highest BCUT2D eigenvalue weighted by Crippen LogP contribution is 2.18. The Morgan fingerprint density at radius 3 is 2.12 bits per heavy atom. The van der Waals surface area contributed by atoms with Crippen LogP contribution in [-0.4, -0.2) is 13.0 Å². The third-order valence-corrected chi connectivity index (χ3v) is 4.08. The first-order valence-electron chi connectivity index (χ1n) is 8.49. The molecule has 3 nitrogen and oxygen atoms in total. The van der Waals surface area contributed by atoms with Crippen LogP contribution in [0.2, 0.25) is 0 Å². The number of rotatable bonds is 6. The number of carbonyl (C=O) groups excluding carboxylic acids is 1. The van der Waals surface area contributed by atoms with Crippen LogP contribution >= 0.6 is 0 Å². The molecule has 0 heterocycles. The van der Waals surface area contributed by atoms with Gasteiger partial charge in [-0.15, -0.1) is 0 Å². The molecule has 0 bridgehead atoms. The van der Waals surface area contributed by atoms with E-state index in [4.69, 9.17) is 4.74 Å². The summed E-state index contributed by atoms with van der Waals surface area (Å²) in [5.41, 5.74) is 2.72. The number of nitrogens with one attached hydrogen (secondary N) is 1. The number of carbonyl (C=O) groups is 1. The number of ether oxygens (including phenoxy) is 1. The van der Waals surface area contributed by atoms with Gasteiger partial charge < -0.3 is 10.1 Å². The first-order chi connectivity index (χ1) is 12.8. The summed E-state index contributed by atoms with van der Waals surface area (Å²) in [5, 5.41) is 3.09. The molecule has 3 rings (SSSR count). The molecule has 0 aliphatic carbocycles. The van der Waals surface area contributed by atoms with E-state index in [9.17, 15) is 4.79 Å². The molecule has 0 spiro atoms. The molecule has 0 aliphatic rings. The van der Waals surface area contributed by atoms with Crippen LogP contribution in [-0.2, 0) is 0 Å². The molecule has 3 aromatic rings. The lowest BCUT2D eigenvalue weighted by atomic mass is 10.0. The van der Waals surface area contributed by atoms with Gasteiger partial charge in [-0.25, -0.2) is 0 Å². The van der Waals surface area contributed by atoms with E-state index in [1.807, 2.05) is 72.8 Å². The molecular weight excluding hydrogens is 322 g/mol. The van der Waals surface area contributed by atoms with E-state index in [1.165, 1.54) is 0 Å². The third kappa shape index (κ3) is 4.61. The number of benzene rings is 3. The monoisotopic (exact) mass is 343 g/mol. The van der Waals surface area contributed by atoms with Gasteiger partial charge in [-0.2, -0.15) is 0 Å². The normalized spacial score (nSPS) is 11.9. The lowest BCUT2D eigenvalue weighted by molar-refractivity contribution is 0.0944. The maximum absolute atomic E-state index is 12.7. The third-order valence-electron chi connectivity index (χ3n) is 4.08. The largest absolute Gasteiger partial charge is 0.497 e. The summed E-state index contributed by atoms with van der Waals surface area (Å²) in [6.07, 6.45) is 4.03. The van der Waals surface area contributed by atoms with Gasteiger partial charge in [0.1, 0.15) is 5.75 Å². The summed E-state index contributed by atoms with van der Waals surface area (Å²) in [6.45, 7) is 0. The second-order valence-electron chi connectivity index (χ2n) is 5.86. The zero-order valence-corrected chi connectivity index (χ0v) is 14.6. The SMILES string of the molecule is COc1ccc(C(=O)NC(/C=C/c2ccccc2)c2ccccc2)cc1. The van der Waals surface area contributed by atoms with E-state index in [-0.39, 0.29) is 11.9 Å². The van der Waals surface area contributed by atoms with Gasteiger partial charge in [0, 0.05) is 5.56 Å². The van der Waals surface area contributed by atoms with Gasteiger partial charge in [0.2, 0.25) is 0 Å². The fourth-order valence-corrected chi connectivity index (χ4v) is 2.64. The Hall–Kier alpha value is -3.33. The molecule has 1 atom stereocenters. The van der Waals surface area contributed by atoms with Crippen molar-refractivity contribution in [2.24, 2.45) is 0 Å². The van der Waals surface area contributed by atoms with Crippen LogP contribution in [0.4, 0.5) is 0 Å². The van der Waals surface area contributed by atoms with Crippen molar-refractivity contribution in [3.05, 3.63) is 108 Å². The van der Waals surface area contributed by atoms with E-state index >= 15 is 0 Å². The zero-order chi connectivity index (χ0) is 18.2. The molecule has 0 saturated carbocycles. The lowest BCUT2D eigenvalue weighted by Gasteiger charge is -2.16. The average molecular weight is 343 g/mol. The molecule has 0 fully saturated rings.